The maximum absolute atomic E-state index is 12.7. The molecule has 160 valence electrons. The van der Waals surface area contributed by atoms with Crippen LogP contribution in [0.3, 0.4) is 0 Å². The zero-order valence-corrected chi connectivity index (χ0v) is 19.4. The Balaban J connectivity index is 1.47. The summed E-state index contributed by atoms with van der Waals surface area (Å²) in [6.07, 6.45) is 1.48. The highest BCUT2D eigenvalue weighted by Crippen LogP contribution is 2.22. The summed E-state index contributed by atoms with van der Waals surface area (Å²) in [5.41, 5.74) is 1.69. The molecule has 1 N–H and O–H groups in total. The summed E-state index contributed by atoms with van der Waals surface area (Å²) in [5.74, 6) is -0.582. The first kappa shape index (κ1) is 22.2. The predicted molar refractivity (Wildman–Crippen MR) is 137 cm³/mol. The summed E-state index contributed by atoms with van der Waals surface area (Å²) in [6.45, 7) is 0. The molecule has 0 aliphatic heterocycles. The van der Waals surface area contributed by atoms with Gasteiger partial charge in [0.2, 0.25) is 0 Å². The standard InChI is InChI=1S/C27H17IN2O3/c28-21-10-12-22(13-11-21)30-26(31)20(17-29)16-18-8-14-23(15-9-18)33-27(32)25-7-3-5-19-4-1-2-6-24(19)25/h1-16H,(H,30,31)/b20-16+. The topological polar surface area (TPSA) is 79.2 Å². The first-order chi connectivity index (χ1) is 16.0. The molecule has 0 aliphatic rings. The molecule has 0 heterocycles. The van der Waals surface area contributed by atoms with Crippen LogP contribution in [0.4, 0.5) is 5.69 Å². The van der Waals surface area contributed by atoms with Gasteiger partial charge in [0.15, 0.2) is 0 Å². The van der Waals surface area contributed by atoms with Gasteiger partial charge in [-0.15, -0.1) is 0 Å². The van der Waals surface area contributed by atoms with Gasteiger partial charge in [0.05, 0.1) is 5.56 Å². The fraction of sp³-hybridized carbons (Fsp3) is 0. The molecule has 0 spiro atoms. The van der Waals surface area contributed by atoms with E-state index in [0.717, 1.165) is 14.3 Å². The number of ether oxygens (including phenoxy) is 1. The van der Waals surface area contributed by atoms with E-state index in [9.17, 15) is 14.9 Å². The average Bonchev–Trinajstić information content (AvgIpc) is 2.84. The second kappa shape index (κ2) is 10.1. The molecule has 4 aromatic rings. The Labute approximate surface area is 204 Å². The van der Waals surface area contributed by atoms with Crippen molar-refractivity contribution in [1.82, 2.24) is 0 Å². The van der Waals surface area contributed by atoms with Gasteiger partial charge >= 0.3 is 5.97 Å². The number of rotatable bonds is 5. The maximum Gasteiger partial charge on any atom is 0.344 e. The largest absolute Gasteiger partial charge is 0.423 e. The van der Waals surface area contributed by atoms with Crippen molar-refractivity contribution in [2.45, 2.75) is 0 Å². The van der Waals surface area contributed by atoms with Crippen LogP contribution in [-0.2, 0) is 4.79 Å². The highest BCUT2D eigenvalue weighted by molar-refractivity contribution is 14.1. The minimum atomic E-state index is -0.495. The number of anilines is 1. The van der Waals surface area contributed by atoms with Crippen LogP contribution >= 0.6 is 22.6 Å². The van der Waals surface area contributed by atoms with Crippen LogP contribution in [0, 0.1) is 14.9 Å². The monoisotopic (exact) mass is 544 g/mol. The molecule has 0 bridgehead atoms. The predicted octanol–water partition coefficient (Wildman–Crippen LogP) is 6.21. The SMILES string of the molecule is N#C/C(=C\c1ccc(OC(=O)c2cccc3ccccc23)cc1)C(=O)Nc1ccc(I)cc1. The number of carbonyl (C=O) groups excluding carboxylic acids is 2. The Hall–Kier alpha value is -3.96. The van der Waals surface area contributed by atoms with E-state index >= 15 is 0 Å². The molecule has 4 rings (SSSR count). The van der Waals surface area contributed by atoms with Crippen molar-refractivity contribution < 1.29 is 14.3 Å². The van der Waals surface area contributed by atoms with Gasteiger partial charge in [-0.1, -0.05) is 48.5 Å². The summed E-state index contributed by atoms with van der Waals surface area (Å²) >= 11 is 2.17. The number of halogens is 1. The number of carbonyl (C=O) groups is 2. The first-order valence-corrected chi connectivity index (χ1v) is 11.1. The van der Waals surface area contributed by atoms with Gasteiger partial charge in [0.25, 0.3) is 5.91 Å². The molecule has 5 nitrogen and oxygen atoms in total. The Bertz CT molecular complexity index is 1400. The second-order valence-corrected chi connectivity index (χ2v) is 8.36. The smallest absolute Gasteiger partial charge is 0.344 e. The van der Waals surface area contributed by atoms with Crippen molar-refractivity contribution in [3.05, 3.63) is 111 Å². The minimum absolute atomic E-state index is 0.0333. The van der Waals surface area contributed by atoms with Gasteiger partial charge in [0.1, 0.15) is 17.4 Å². The van der Waals surface area contributed by atoms with Gasteiger partial charge in [-0.2, -0.15) is 5.26 Å². The second-order valence-electron chi connectivity index (χ2n) is 7.12. The van der Waals surface area contributed by atoms with E-state index in [2.05, 4.69) is 27.9 Å². The molecule has 0 radical (unpaired) electrons. The first-order valence-electron chi connectivity index (χ1n) is 10.0. The van der Waals surface area contributed by atoms with E-state index in [1.807, 2.05) is 54.6 Å². The van der Waals surface area contributed by atoms with Crippen molar-refractivity contribution in [3.8, 4) is 11.8 Å². The van der Waals surface area contributed by atoms with E-state index in [1.165, 1.54) is 6.08 Å². The Morgan fingerprint density at radius 2 is 1.58 bits per heavy atom. The third-order valence-corrected chi connectivity index (χ3v) is 5.60. The number of nitriles is 1. The number of nitrogens with zero attached hydrogens (tertiary/aromatic N) is 1. The normalized spacial score (nSPS) is 11.0. The fourth-order valence-corrected chi connectivity index (χ4v) is 3.60. The summed E-state index contributed by atoms with van der Waals surface area (Å²) < 4.78 is 6.57. The van der Waals surface area contributed by atoms with Crippen molar-refractivity contribution in [2.75, 3.05) is 5.32 Å². The Morgan fingerprint density at radius 1 is 0.879 bits per heavy atom. The van der Waals surface area contributed by atoms with E-state index in [0.29, 0.717) is 22.6 Å². The van der Waals surface area contributed by atoms with E-state index in [4.69, 9.17) is 4.74 Å². The van der Waals surface area contributed by atoms with E-state index in [1.54, 1.807) is 42.5 Å². The van der Waals surface area contributed by atoms with Crippen LogP contribution in [0.2, 0.25) is 0 Å². The highest BCUT2D eigenvalue weighted by Gasteiger charge is 2.13. The summed E-state index contributed by atoms with van der Waals surface area (Å²) in [7, 11) is 0. The van der Waals surface area contributed by atoms with E-state index in [-0.39, 0.29) is 5.57 Å². The van der Waals surface area contributed by atoms with Gasteiger partial charge in [-0.25, -0.2) is 4.79 Å². The third kappa shape index (κ3) is 5.45. The van der Waals surface area contributed by atoms with Crippen molar-refractivity contribution in [1.29, 1.82) is 5.26 Å². The van der Waals surface area contributed by atoms with Crippen LogP contribution in [0.15, 0.2) is 96.6 Å². The Kier molecular flexibility index (Phi) is 6.81. The van der Waals surface area contributed by atoms with Crippen molar-refractivity contribution >= 4 is 57.0 Å². The lowest BCUT2D eigenvalue weighted by Crippen LogP contribution is -2.13. The number of fused-ring (bicyclic) bond motifs is 1. The van der Waals surface area contributed by atoms with Crippen LogP contribution in [-0.4, -0.2) is 11.9 Å². The molecule has 0 aliphatic carbocycles. The summed E-state index contributed by atoms with van der Waals surface area (Å²) in [4.78, 5) is 25.1. The zero-order chi connectivity index (χ0) is 23.2. The molecule has 0 fully saturated rings. The summed E-state index contributed by atoms with van der Waals surface area (Å²) in [5, 5.41) is 13.9. The molecule has 6 heteroatoms. The molecule has 0 aromatic heterocycles. The number of benzene rings is 4. The third-order valence-electron chi connectivity index (χ3n) is 4.88. The molecule has 1 amide bonds. The van der Waals surface area contributed by atoms with Crippen molar-refractivity contribution in [3.63, 3.8) is 0 Å². The fourth-order valence-electron chi connectivity index (χ4n) is 3.24. The van der Waals surface area contributed by atoms with Gasteiger partial charge in [-0.05, 0) is 87.5 Å². The zero-order valence-electron chi connectivity index (χ0n) is 17.3. The van der Waals surface area contributed by atoms with Gasteiger partial charge < -0.3 is 10.1 Å². The maximum atomic E-state index is 12.7. The quantitative estimate of drug-likeness (QED) is 0.107. The lowest BCUT2D eigenvalue weighted by Gasteiger charge is -2.08. The number of amides is 1. The average molecular weight is 544 g/mol. The number of esters is 1. The lowest BCUT2D eigenvalue weighted by atomic mass is 10.0. The van der Waals surface area contributed by atoms with E-state index < -0.39 is 11.9 Å². The van der Waals surface area contributed by atoms with Gasteiger partial charge in [0, 0.05) is 9.26 Å². The molecule has 4 aromatic carbocycles. The van der Waals surface area contributed by atoms with Gasteiger partial charge in [-0.3, -0.25) is 4.79 Å². The van der Waals surface area contributed by atoms with Crippen molar-refractivity contribution in [2.24, 2.45) is 0 Å². The highest BCUT2D eigenvalue weighted by atomic mass is 127. The Morgan fingerprint density at radius 3 is 2.30 bits per heavy atom. The summed E-state index contributed by atoms with van der Waals surface area (Å²) in [6, 6.07) is 28.9. The number of hydrogen-bond donors (Lipinski definition) is 1. The molecule has 0 saturated heterocycles. The molecular weight excluding hydrogens is 527 g/mol. The minimum Gasteiger partial charge on any atom is -0.423 e. The molecule has 0 unspecified atom stereocenters. The molecular formula is C27H17IN2O3. The van der Waals surface area contributed by atoms with Crippen LogP contribution in [0.5, 0.6) is 5.75 Å². The lowest BCUT2D eigenvalue weighted by molar-refractivity contribution is -0.112. The molecule has 0 atom stereocenters. The van der Waals surface area contributed by atoms with Crippen LogP contribution in [0.25, 0.3) is 16.8 Å². The number of nitrogens with one attached hydrogen (secondary N) is 1. The number of hydrogen-bond acceptors (Lipinski definition) is 4. The molecule has 33 heavy (non-hydrogen) atoms. The van der Waals surface area contributed by atoms with Crippen LogP contribution in [0.1, 0.15) is 15.9 Å². The molecule has 0 saturated carbocycles. The van der Waals surface area contributed by atoms with Crippen LogP contribution < -0.4 is 10.1 Å².